The maximum Gasteiger partial charge on any atom is 0.354 e. The Morgan fingerprint density at radius 2 is 1.81 bits per heavy atom. The minimum Gasteiger partial charge on any atom is -0.477 e. The SMILES string of the molecule is CC1CC(C)CN(c2ccc(C(C)(C)C)c(C(=O)O)n2)C1. The Morgan fingerprint density at radius 1 is 1.24 bits per heavy atom. The molecule has 2 unspecified atom stereocenters. The van der Waals surface area contributed by atoms with Crippen LogP contribution in [0.5, 0.6) is 0 Å². The molecule has 1 aromatic heterocycles. The second-order valence-corrected chi connectivity index (χ2v) is 7.47. The molecule has 2 atom stereocenters. The topological polar surface area (TPSA) is 53.4 Å². The second-order valence-electron chi connectivity index (χ2n) is 7.47. The van der Waals surface area contributed by atoms with Crippen LogP contribution in [0.15, 0.2) is 12.1 Å². The zero-order chi connectivity index (χ0) is 15.8. The number of piperidine rings is 1. The van der Waals surface area contributed by atoms with Gasteiger partial charge >= 0.3 is 5.97 Å². The predicted octanol–water partition coefficient (Wildman–Crippen LogP) is 3.56. The number of rotatable bonds is 2. The first-order valence-corrected chi connectivity index (χ1v) is 7.68. The van der Waals surface area contributed by atoms with Crippen LogP contribution < -0.4 is 4.90 Å². The van der Waals surface area contributed by atoms with E-state index >= 15 is 0 Å². The average Bonchev–Trinajstić information content (AvgIpc) is 2.35. The monoisotopic (exact) mass is 290 g/mol. The lowest BCUT2D eigenvalue weighted by molar-refractivity contribution is 0.0687. The van der Waals surface area contributed by atoms with Crippen LogP contribution in [-0.2, 0) is 5.41 Å². The number of nitrogens with zero attached hydrogens (tertiary/aromatic N) is 2. The summed E-state index contributed by atoms with van der Waals surface area (Å²) >= 11 is 0. The number of aromatic nitrogens is 1. The molecule has 0 radical (unpaired) electrons. The lowest BCUT2D eigenvalue weighted by atomic mass is 9.85. The molecule has 0 spiro atoms. The maximum absolute atomic E-state index is 11.6. The molecule has 1 N–H and O–H groups in total. The van der Waals surface area contributed by atoms with Crippen molar-refractivity contribution in [2.45, 2.75) is 46.5 Å². The molecule has 1 aromatic rings. The first-order valence-electron chi connectivity index (χ1n) is 7.68. The Hall–Kier alpha value is -1.58. The van der Waals surface area contributed by atoms with Crippen LogP contribution in [0, 0.1) is 11.8 Å². The second kappa shape index (κ2) is 5.66. The molecule has 116 valence electrons. The Kier molecular flexibility index (Phi) is 4.26. The van der Waals surface area contributed by atoms with Gasteiger partial charge in [0.2, 0.25) is 0 Å². The van der Waals surface area contributed by atoms with E-state index in [0.717, 1.165) is 24.5 Å². The van der Waals surface area contributed by atoms with Crippen molar-refractivity contribution in [3.8, 4) is 0 Å². The summed E-state index contributed by atoms with van der Waals surface area (Å²) in [4.78, 5) is 18.2. The van der Waals surface area contributed by atoms with Gasteiger partial charge in [0, 0.05) is 13.1 Å². The molecule has 2 heterocycles. The molecule has 0 aromatic carbocycles. The standard InChI is InChI=1S/C17H26N2O2/c1-11-8-12(2)10-19(9-11)14-7-6-13(17(3,4)5)15(18-14)16(20)21/h6-7,11-12H,8-10H2,1-5H3,(H,20,21). The summed E-state index contributed by atoms with van der Waals surface area (Å²) in [5.41, 5.74) is 0.754. The van der Waals surface area contributed by atoms with Gasteiger partial charge in [0.15, 0.2) is 5.69 Å². The van der Waals surface area contributed by atoms with Gasteiger partial charge < -0.3 is 10.0 Å². The van der Waals surface area contributed by atoms with Gasteiger partial charge in [0.25, 0.3) is 0 Å². The first-order chi connectivity index (χ1) is 9.68. The van der Waals surface area contributed by atoms with E-state index < -0.39 is 5.97 Å². The van der Waals surface area contributed by atoms with Crippen molar-refractivity contribution in [3.05, 3.63) is 23.4 Å². The van der Waals surface area contributed by atoms with Crippen molar-refractivity contribution in [3.63, 3.8) is 0 Å². The summed E-state index contributed by atoms with van der Waals surface area (Å²) in [6, 6.07) is 3.90. The number of hydrogen-bond donors (Lipinski definition) is 1. The van der Waals surface area contributed by atoms with Crippen molar-refractivity contribution >= 4 is 11.8 Å². The molecule has 1 fully saturated rings. The third-order valence-corrected chi connectivity index (χ3v) is 4.08. The van der Waals surface area contributed by atoms with Gasteiger partial charge in [-0.3, -0.25) is 0 Å². The van der Waals surface area contributed by atoms with E-state index in [2.05, 4.69) is 23.7 Å². The van der Waals surface area contributed by atoms with Crippen molar-refractivity contribution in [2.75, 3.05) is 18.0 Å². The highest BCUT2D eigenvalue weighted by Crippen LogP contribution is 2.29. The van der Waals surface area contributed by atoms with E-state index in [1.807, 2.05) is 32.9 Å². The van der Waals surface area contributed by atoms with Gasteiger partial charge in [0.1, 0.15) is 5.82 Å². The molecule has 4 heteroatoms. The number of aromatic carboxylic acids is 1. The Morgan fingerprint density at radius 3 is 2.29 bits per heavy atom. The van der Waals surface area contributed by atoms with E-state index in [-0.39, 0.29) is 11.1 Å². The minimum atomic E-state index is -0.945. The summed E-state index contributed by atoms with van der Waals surface area (Å²) in [6.45, 7) is 12.4. The van der Waals surface area contributed by atoms with Gasteiger partial charge in [-0.15, -0.1) is 0 Å². The van der Waals surface area contributed by atoms with Crippen LogP contribution in [0.2, 0.25) is 0 Å². The third-order valence-electron chi connectivity index (χ3n) is 4.08. The molecule has 0 bridgehead atoms. The van der Waals surface area contributed by atoms with E-state index in [0.29, 0.717) is 11.8 Å². The first kappa shape index (κ1) is 15.8. The van der Waals surface area contributed by atoms with Gasteiger partial charge in [-0.25, -0.2) is 9.78 Å². The molecular formula is C17H26N2O2. The highest BCUT2D eigenvalue weighted by atomic mass is 16.4. The molecule has 0 amide bonds. The largest absolute Gasteiger partial charge is 0.477 e. The number of hydrogen-bond acceptors (Lipinski definition) is 3. The number of carboxylic acids is 1. The average molecular weight is 290 g/mol. The van der Waals surface area contributed by atoms with Gasteiger partial charge in [-0.1, -0.05) is 40.7 Å². The Balaban J connectivity index is 2.38. The number of anilines is 1. The lowest BCUT2D eigenvalue weighted by Crippen LogP contribution is -2.39. The molecule has 2 rings (SSSR count). The Bertz CT molecular complexity index is 524. The fourth-order valence-corrected chi connectivity index (χ4v) is 3.24. The molecule has 0 saturated carbocycles. The zero-order valence-corrected chi connectivity index (χ0v) is 13.7. The van der Waals surface area contributed by atoms with Crippen LogP contribution in [-0.4, -0.2) is 29.1 Å². The fourth-order valence-electron chi connectivity index (χ4n) is 3.24. The summed E-state index contributed by atoms with van der Waals surface area (Å²) < 4.78 is 0. The summed E-state index contributed by atoms with van der Waals surface area (Å²) in [7, 11) is 0. The van der Waals surface area contributed by atoms with E-state index in [9.17, 15) is 9.90 Å². The van der Waals surface area contributed by atoms with Crippen molar-refractivity contribution in [1.29, 1.82) is 0 Å². The summed E-state index contributed by atoms with van der Waals surface area (Å²) in [5.74, 6) is 1.08. The molecular weight excluding hydrogens is 264 g/mol. The molecule has 0 aliphatic carbocycles. The summed E-state index contributed by atoms with van der Waals surface area (Å²) in [6.07, 6.45) is 1.22. The molecule has 21 heavy (non-hydrogen) atoms. The number of carbonyl (C=O) groups is 1. The zero-order valence-electron chi connectivity index (χ0n) is 13.7. The van der Waals surface area contributed by atoms with E-state index in [1.54, 1.807) is 0 Å². The maximum atomic E-state index is 11.6. The molecule has 1 aliphatic heterocycles. The number of pyridine rings is 1. The van der Waals surface area contributed by atoms with Gasteiger partial charge in [-0.2, -0.15) is 0 Å². The quantitative estimate of drug-likeness (QED) is 0.905. The smallest absolute Gasteiger partial charge is 0.354 e. The van der Waals surface area contributed by atoms with Crippen LogP contribution in [0.3, 0.4) is 0 Å². The van der Waals surface area contributed by atoms with Crippen molar-refractivity contribution in [1.82, 2.24) is 4.98 Å². The molecule has 1 saturated heterocycles. The number of carboxylic acid groups (broad SMARTS) is 1. The van der Waals surface area contributed by atoms with Crippen LogP contribution in [0.4, 0.5) is 5.82 Å². The van der Waals surface area contributed by atoms with Gasteiger partial charge in [0.05, 0.1) is 0 Å². The fraction of sp³-hybridized carbons (Fsp3) is 0.647. The van der Waals surface area contributed by atoms with Gasteiger partial charge in [-0.05, 0) is 35.3 Å². The van der Waals surface area contributed by atoms with Crippen molar-refractivity contribution < 1.29 is 9.90 Å². The molecule has 4 nitrogen and oxygen atoms in total. The van der Waals surface area contributed by atoms with Crippen LogP contribution in [0.25, 0.3) is 0 Å². The van der Waals surface area contributed by atoms with Crippen molar-refractivity contribution in [2.24, 2.45) is 11.8 Å². The third kappa shape index (κ3) is 3.55. The summed E-state index contributed by atoms with van der Waals surface area (Å²) in [5, 5.41) is 9.47. The Labute approximate surface area is 127 Å². The lowest BCUT2D eigenvalue weighted by Gasteiger charge is -2.36. The minimum absolute atomic E-state index is 0.186. The van der Waals surface area contributed by atoms with E-state index in [1.165, 1.54) is 6.42 Å². The van der Waals surface area contributed by atoms with Crippen LogP contribution >= 0.6 is 0 Å². The normalized spacial score (nSPS) is 23.2. The highest BCUT2D eigenvalue weighted by molar-refractivity contribution is 5.88. The van der Waals surface area contributed by atoms with Crippen LogP contribution in [0.1, 0.15) is 57.1 Å². The molecule has 1 aliphatic rings. The highest BCUT2D eigenvalue weighted by Gasteiger charge is 2.27. The predicted molar refractivity (Wildman–Crippen MR) is 85.1 cm³/mol. The van der Waals surface area contributed by atoms with E-state index in [4.69, 9.17) is 0 Å².